The molecule has 1 saturated carbocycles. The summed E-state index contributed by atoms with van der Waals surface area (Å²) in [5, 5.41) is 10.5. The minimum absolute atomic E-state index is 0.386. The zero-order valence-electron chi connectivity index (χ0n) is 12.4. The van der Waals surface area contributed by atoms with Gasteiger partial charge in [0.2, 0.25) is 0 Å². The maximum absolute atomic E-state index is 10.5. The molecule has 0 aliphatic heterocycles. The van der Waals surface area contributed by atoms with Crippen LogP contribution in [0.3, 0.4) is 0 Å². The van der Waals surface area contributed by atoms with Gasteiger partial charge in [0.05, 0.1) is 6.10 Å². The first-order valence-corrected chi connectivity index (χ1v) is 8.18. The first-order valence-electron chi connectivity index (χ1n) is 8.18. The SMILES string of the molecule is OC(Cc1ccc2c(c1)CCC2)c1cccc(C2CC2)c1. The molecule has 1 unspecified atom stereocenters. The van der Waals surface area contributed by atoms with Gasteiger partial charge in [-0.3, -0.25) is 0 Å². The van der Waals surface area contributed by atoms with Gasteiger partial charge in [-0.05, 0) is 65.8 Å². The lowest BCUT2D eigenvalue weighted by Crippen LogP contribution is -2.03. The van der Waals surface area contributed by atoms with E-state index in [0.29, 0.717) is 0 Å². The van der Waals surface area contributed by atoms with Gasteiger partial charge in [-0.25, -0.2) is 0 Å². The quantitative estimate of drug-likeness (QED) is 0.882. The Labute approximate surface area is 126 Å². The Morgan fingerprint density at radius 2 is 1.86 bits per heavy atom. The number of aryl methyl sites for hydroxylation is 2. The van der Waals surface area contributed by atoms with Gasteiger partial charge in [0, 0.05) is 6.42 Å². The van der Waals surface area contributed by atoms with Crippen molar-refractivity contribution in [3.63, 3.8) is 0 Å². The zero-order valence-corrected chi connectivity index (χ0v) is 12.4. The number of aliphatic hydroxyl groups excluding tert-OH is 1. The molecule has 0 heterocycles. The minimum Gasteiger partial charge on any atom is -0.388 e. The molecule has 2 aliphatic carbocycles. The van der Waals surface area contributed by atoms with Crippen LogP contribution in [0.25, 0.3) is 0 Å². The van der Waals surface area contributed by atoms with Crippen LogP contribution in [0, 0.1) is 0 Å². The second-order valence-electron chi connectivity index (χ2n) is 6.62. The molecule has 0 saturated heterocycles. The summed E-state index contributed by atoms with van der Waals surface area (Å²) in [5.41, 5.74) is 6.73. The number of aliphatic hydroxyl groups is 1. The van der Waals surface area contributed by atoms with Crippen molar-refractivity contribution in [1.29, 1.82) is 0 Å². The normalized spacial score (nSPS) is 18.5. The molecule has 21 heavy (non-hydrogen) atoms. The van der Waals surface area contributed by atoms with Crippen molar-refractivity contribution >= 4 is 0 Å². The molecule has 0 spiro atoms. The van der Waals surface area contributed by atoms with Gasteiger partial charge in [0.15, 0.2) is 0 Å². The lowest BCUT2D eigenvalue weighted by Gasteiger charge is -2.13. The summed E-state index contributed by atoms with van der Waals surface area (Å²) in [4.78, 5) is 0. The molecule has 4 rings (SSSR count). The van der Waals surface area contributed by atoms with Crippen LogP contribution in [0.2, 0.25) is 0 Å². The lowest BCUT2D eigenvalue weighted by atomic mass is 9.97. The minimum atomic E-state index is -0.386. The molecule has 1 atom stereocenters. The van der Waals surface area contributed by atoms with E-state index >= 15 is 0 Å². The van der Waals surface area contributed by atoms with Crippen LogP contribution in [0.4, 0.5) is 0 Å². The van der Waals surface area contributed by atoms with Gasteiger partial charge in [0.1, 0.15) is 0 Å². The maximum atomic E-state index is 10.5. The van der Waals surface area contributed by atoms with Crippen LogP contribution >= 0.6 is 0 Å². The van der Waals surface area contributed by atoms with E-state index in [-0.39, 0.29) is 6.10 Å². The average molecular weight is 278 g/mol. The van der Waals surface area contributed by atoms with E-state index in [0.717, 1.165) is 17.9 Å². The summed E-state index contributed by atoms with van der Waals surface area (Å²) in [6.45, 7) is 0. The molecule has 1 heteroatoms. The Morgan fingerprint density at radius 1 is 1.00 bits per heavy atom. The highest BCUT2D eigenvalue weighted by Gasteiger charge is 2.24. The third-order valence-electron chi connectivity index (χ3n) is 4.94. The fraction of sp³-hybridized carbons (Fsp3) is 0.400. The molecule has 0 aromatic heterocycles. The molecule has 2 aromatic carbocycles. The predicted octanol–water partition coefficient (Wildman–Crippen LogP) is 4.33. The summed E-state index contributed by atoms with van der Waals surface area (Å²) in [6.07, 6.45) is 6.67. The van der Waals surface area contributed by atoms with Gasteiger partial charge < -0.3 is 5.11 Å². The zero-order chi connectivity index (χ0) is 14.2. The molecule has 0 bridgehead atoms. The van der Waals surface area contributed by atoms with Crippen molar-refractivity contribution in [2.45, 2.75) is 50.5 Å². The Hall–Kier alpha value is -1.60. The summed E-state index contributed by atoms with van der Waals surface area (Å²) < 4.78 is 0. The molecule has 1 fully saturated rings. The summed E-state index contributed by atoms with van der Waals surface area (Å²) in [6, 6.07) is 15.3. The van der Waals surface area contributed by atoms with Crippen LogP contribution in [-0.2, 0) is 19.3 Å². The van der Waals surface area contributed by atoms with Gasteiger partial charge in [0.25, 0.3) is 0 Å². The highest BCUT2D eigenvalue weighted by Crippen LogP contribution is 2.40. The van der Waals surface area contributed by atoms with E-state index < -0.39 is 0 Å². The second kappa shape index (κ2) is 5.31. The fourth-order valence-corrected chi connectivity index (χ4v) is 3.53. The number of rotatable bonds is 4. The molecule has 108 valence electrons. The van der Waals surface area contributed by atoms with E-state index in [1.165, 1.54) is 54.4 Å². The highest BCUT2D eigenvalue weighted by molar-refractivity contribution is 5.36. The molecular formula is C20H22O. The standard InChI is InChI=1S/C20H22O/c21-20(19-6-2-5-18(13-19)16-9-10-16)12-14-7-8-15-3-1-4-17(15)11-14/h2,5-8,11,13,16,20-21H,1,3-4,9-10,12H2. The fourth-order valence-electron chi connectivity index (χ4n) is 3.53. The number of hydrogen-bond acceptors (Lipinski definition) is 1. The third kappa shape index (κ3) is 2.75. The molecule has 2 aliphatic rings. The van der Waals surface area contributed by atoms with Crippen LogP contribution in [0.5, 0.6) is 0 Å². The largest absolute Gasteiger partial charge is 0.388 e. The van der Waals surface area contributed by atoms with E-state index in [4.69, 9.17) is 0 Å². The van der Waals surface area contributed by atoms with Gasteiger partial charge >= 0.3 is 0 Å². The van der Waals surface area contributed by atoms with Crippen LogP contribution < -0.4 is 0 Å². The van der Waals surface area contributed by atoms with Gasteiger partial charge in [-0.15, -0.1) is 0 Å². The highest BCUT2D eigenvalue weighted by atomic mass is 16.3. The Balaban J connectivity index is 1.52. The molecule has 0 amide bonds. The van der Waals surface area contributed by atoms with E-state index in [1.807, 2.05) is 0 Å². The summed E-state index contributed by atoms with van der Waals surface area (Å²) in [5.74, 6) is 0.747. The van der Waals surface area contributed by atoms with Crippen molar-refractivity contribution in [1.82, 2.24) is 0 Å². The van der Waals surface area contributed by atoms with E-state index in [2.05, 4.69) is 42.5 Å². The van der Waals surface area contributed by atoms with Crippen molar-refractivity contribution in [2.75, 3.05) is 0 Å². The summed E-state index contributed by atoms with van der Waals surface area (Å²) >= 11 is 0. The van der Waals surface area contributed by atoms with E-state index in [9.17, 15) is 5.11 Å². The van der Waals surface area contributed by atoms with Crippen molar-refractivity contribution in [3.05, 3.63) is 70.3 Å². The van der Waals surface area contributed by atoms with Crippen molar-refractivity contribution in [3.8, 4) is 0 Å². The maximum Gasteiger partial charge on any atom is 0.0830 e. The number of benzene rings is 2. The molecular weight excluding hydrogens is 256 g/mol. The molecule has 1 N–H and O–H groups in total. The number of fused-ring (bicyclic) bond motifs is 1. The Kier molecular flexibility index (Phi) is 3.31. The predicted molar refractivity (Wildman–Crippen MR) is 85.5 cm³/mol. The van der Waals surface area contributed by atoms with Crippen molar-refractivity contribution in [2.24, 2.45) is 0 Å². The second-order valence-corrected chi connectivity index (χ2v) is 6.62. The van der Waals surface area contributed by atoms with Crippen LogP contribution in [0.1, 0.15) is 59.1 Å². The van der Waals surface area contributed by atoms with Crippen LogP contribution in [-0.4, -0.2) is 5.11 Å². The first-order chi connectivity index (χ1) is 10.3. The van der Waals surface area contributed by atoms with Crippen molar-refractivity contribution < 1.29 is 5.11 Å². The van der Waals surface area contributed by atoms with Gasteiger partial charge in [-0.2, -0.15) is 0 Å². The lowest BCUT2D eigenvalue weighted by molar-refractivity contribution is 0.178. The third-order valence-corrected chi connectivity index (χ3v) is 4.94. The molecule has 2 aromatic rings. The summed E-state index contributed by atoms with van der Waals surface area (Å²) in [7, 11) is 0. The van der Waals surface area contributed by atoms with Crippen LogP contribution in [0.15, 0.2) is 42.5 Å². The smallest absolute Gasteiger partial charge is 0.0830 e. The molecule has 0 radical (unpaired) electrons. The Bertz CT molecular complexity index is 655. The first kappa shape index (κ1) is 13.1. The molecule has 1 nitrogen and oxygen atoms in total. The Morgan fingerprint density at radius 3 is 2.71 bits per heavy atom. The van der Waals surface area contributed by atoms with E-state index in [1.54, 1.807) is 0 Å². The number of hydrogen-bond donors (Lipinski definition) is 1. The van der Waals surface area contributed by atoms with Gasteiger partial charge in [-0.1, -0.05) is 42.5 Å². The topological polar surface area (TPSA) is 20.2 Å². The monoisotopic (exact) mass is 278 g/mol. The average Bonchev–Trinajstić information content (AvgIpc) is 3.26.